The highest BCUT2D eigenvalue weighted by Crippen LogP contribution is 2.48. The van der Waals surface area contributed by atoms with Crippen molar-refractivity contribution in [3.63, 3.8) is 0 Å². The van der Waals surface area contributed by atoms with Crippen LogP contribution in [0, 0.1) is 0 Å². The summed E-state index contributed by atoms with van der Waals surface area (Å²) < 4.78 is 12.4. The van der Waals surface area contributed by atoms with E-state index >= 15 is 4.79 Å². The molecule has 0 radical (unpaired) electrons. The highest BCUT2D eigenvalue weighted by molar-refractivity contribution is 6.01. The van der Waals surface area contributed by atoms with Gasteiger partial charge in [0.2, 0.25) is 5.90 Å². The Bertz CT molecular complexity index is 1980. The Kier molecular flexibility index (Phi) is 8.62. The van der Waals surface area contributed by atoms with Crippen molar-refractivity contribution in [2.75, 3.05) is 13.2 Å². The van der Waals surface area contributed by atoms with Gasteiger partial charge in [-0.15, -0.1) is 0 Å². The molecule has 5 aromatic carbocycles. The maximum absolute atomic E-state index is 15.1. The smallest absolute Gasteiger partial charge is 0.253 e. The number of aliphatic hydroxyl groups is 1. The Labute approximate surface area is 278 Å². The number of rotatable bonds is 11. The standard InChI is InChI=1S/C39H33N5O4/c40-44-43-34-18-9-8-17-33(34)36-39(25-26-11-2-1-3-12-26,42-37(48-36)27-19-21-28(22-20-27)47-24-10-23-45)38(46)41-35-31-15-6-4-13-29(31)30-14-5-7-16-32(30)35/h1-9,11-22,35-36,45H,10,23-25H2,(H,41,46)/t36-,39-/m1/s1. The van der Waals surface area contributed by atoms with E-state index in [1.165, 1.54) is 0 Å². The molecule has 0 aromatic heterocycles. The van der Waals surface area contributed by atoms with E-state index in [1.807, 2.05) is 103 Å². The van der Waals surface area contributed by atoms with Crippen LogP contribution >= 0.6 is 0 Å². The SMILES string of the molecule is [N-]=[N+]=Nc1ccccc1[C@H]1OC(c2ccc(OCCCO)cc2)=N[C@@]1(Cc1ccccc1)C(=O)NC1c2ccccc2-c2ccccc21. The number of nitrogens with zero attached hydrogens (tertiary/aromatic N) is 4. The van der Waals surface area contributed by atoms with Crippen LogP contribution < -0.4 is 10.1 Å². The first-order chi connectivity index (χ1) is 23.6. The molecule has 1 aliphatic carbocycles. The van der Waals surface area contributed by atoms with E-state index < -0.39 is 17.7 Å². The fraction of sp³-hybridized carbons (Fsp3) is 0.179. The van der Waals surface area contributed by atoms with Gasteiger partial charge in [-0.3, -0.25) is 4.79 Å². The van der Waals surface area contributed by atoms with Gasteiger partial charge in [-0.05, 0) is 57.6 Å². The summed E-state index contributed by atoms with van der Waals surface area (Å²) >= 11 is 0. The Balaban J connectivity index is 1.36. The minimum atomic E-state index is -1.49. The molecule has 238 valence electrons. The van der Waals surface area contributed by atoms with Crippen molar-refractivity contribution >= 4 is 17.5 Å². The Hall–Kier alpha value is -5.89. The number of hydrogen-bond acceptors (Lipinski definition) is 6. The molecule has 0 spiro atoms. The van der Waals surface area contributed by atoms with Gasteiger partial charge in [0.15, 0.2) is 11.6 Å². The van der Waals surface area contributed by atoms with Crippen LogP contribution in [0.2, 0.25) is 0 Å². The number of benzene rings is 5. The van der Waals surface area contributed by atoms with Crippen LogP contribution in [0.25, 0.3) is 21.6 Å². The van der Waals surface area contributed by atoms with Crippen LogP contribution in [0.4, 0.5) is 5.69 Å². The number of ether oxygens (including phenoxy) is 2. The lowest BCUT2D eigenvalue weighted by Crippen LogP contribution is -2.50. The Morgan fingerprint density at radius 2 is 1.48 bits per heavy atom. The van der Waals surface area contributed by atoms with Crippen molar-refractivity contribution in [3.05, 3.63) is 166 Å². The van der Waals surface area contributed by atoms with E-state index in [-0.39, 0.29) is 24.8 Å². The summed E-state index contributed by atoms with van der Waals surface area (Å²) in [6, 6.07) is 40.0. The molecule has 0 unspecified atom stereocenters. The molecule has 1 heterocycles. The van der Waals surface area contributed by atoms with Crippen molar-refractivity contribution in [3.8, 4) is 16.9 Å². The molecular weight excluding hydrogens is 602 g/mol. The molecule has 2 aliphatic rings. The van der Waals surface area contributed by atoms with Gasteiger partial charge < -0.3 is 19.9 Å². The molecule has 0 saturated heterocycles. The van der Waals surface area contributed by atoms with Gasteiger partial charge in [-0.2, -0.15) is 0 Å². The molecule has 9 nitrogen and oxygen atoms in total. The predicted molar refractivity (Wildman–Crippen MR) is 184 cm³/mol. The van der Waals surface area contributed by atoms with E-state index in [1.54, 1.807) is 12.1 Å². The molecule has 1 aliphatic heterocycles. The molecular formula is C39H33N5O4. The summed E-state index contributed by atoms with van der Waals surface area (Å²) in [6.07, 6.45) is -0.185. The average molecular weight is 636 g/mol. The lowest BCUT2D eigenvalue weighted by molar-refractivity contribution is -0.129. The first-order valence-electron chi connectivity index (χ1n) is 15.9. The summed E-state index contributed by atoms with van der Waals surface area (Å²) in [5, 5.41) is 16.5. The molecule has 0 fully saturated rings. The molecule has 0 bridgehead atoms. The molecule has 5 aromatic rings. The van der Waals surface area contributed by atoms with E-state index in [0.29, 0.717) is 35.6 Å². The number of amides is 1. The fourth-order valence-electron chi connectivity index (χ4n) is 6.58. The molecule has 1 amide bonds. The average Bonchev–Trinajstić information content (AvgIpc) is 3.66. The summed E-state index contributed by atoms with van der Waals surface area (Å²) in [5.74, 6) is 0.612. The van der Waals surface area contributed by atoms with Crippen molar-refractivity contribution < 1.29 is 19.4 Å². The van der Waals surface area contributed by atoms with Crippen LogP contribution in [0.1, 0.15) is 46.4 Å². The first kappa shape index (κ1) is 30.7. The zero-order valence-electron chi connectivity index (χ0n) is 26.1. The minimum absolute atomic E-state index is 0.0467. The number of carbonyl (C=O) groups is 1. The van der Waals surface area contributed by atoms with E-state index in [2.05, 4.69) is 27.5 Å². The van der Waals surface area contributed by atoms with E-state index in [9.17, 15) is 5.53 Å². The summed E-state index contributed by atoms with van der Waals surface area (Å²) in [4.78, 5) is 23.4. The quantitative estimate of drug-likeness (QED) is 0.0665. The largest absolute Gasteiger partial charge is 0.494 e. The number of aliphatic imine (C=N–C) groups is 1. The third-order valence-corrected chi connectivity index (χ3v) is 8.83. The second kappa shape index (κ2) is 13.5. The van der Waals surface area contributed by atoms with Crippen molar-refractivity contribution in [1.29, 1.82) is 0 Å². The van der Waals surface area contributed by atoms with Gasteiger partial charge in [0, 0.05) is 41.2 Å². The van der Waals surface area contributed by atoms with Gasteiger partial charge in [0.05, 0.1) is 12.6 Å². The van der Waals surface area contributed by atoms with Gasteiger partial charge >= 0.3 is 0 Å². The van der Waals surface area contributed by atoms with Gasteiger partial charge in [-0.25, -0.2) is 4.99 Å². The van der Waals surface area contributed by atoms with Crippen molar-refractivity contribution in [2.24, 2.45) is 10.1 Å². The third-order valence-electron chi connectivity index (χ3n) is 8.83. The van der Waals surface area contributed by atoms with E-state index in [4.69, 9.17) is 19.6 Å². The molecule has 7 rings (SSSR count). The molecule has 48 heavy (non-hydrogen) atoms. The number of azide groups is 1. The first-order valence-corrected chi connectivity index (χ1v) is 15.9. The highest BCUT2D eigenvalue weighted by Gasteiger charge is 2.54. The number of fused-ring (bicyclic) bond motifs is 3. The van der Waals surface area contributed by atoms with Crippen LogP contribution in [0.15, 0.2) is 138 Å². The molecule has 2 N–H and O–H groups in total. The second-order valence-corrected chi connectivity index (χ2v) is 11.8. The van der Waals surface area contributed by atoms with Gasteiger partial charge in [-0.1, -0.05) is 108 Å². The third kappa shape index (κ3) is 5.77. The monoisotopic (exact) mass is 635 g/mol. The topological polar surface area (TPSA) is 129 Å². The minimum Gasteiger partial charge on any atom is -0.494 e. The Morgan fingerprint density at radius 1 is 0.854 bits per heavy atom. The molecule has 2 atom stereocenters. The summed E-state index contributed by atoms with van der Waals surface area (Å²) in [7, 11) is 0. The summed E-state index contributed by atoms with van der Waals surface area (Å²) in [6.45, 7) is 0.435. The van der Waals surface area contributed by atoms with E-state index in [0.717, 1.165) is 27.8 Å². The lowest BCUT2D eigenvalue weighted by atomic mass is 9.81. The number of carbonyl (C=O) groups excluding carboxylic acids is 1. The normalized spacial score (nSPS) is 17.8. The summed E-state index contributed by atoms with van der Waals surface area (Å²) in [5.41, 5.74) is 14.6. The van der Waals surface area contributed by atoms with Crippen LogP contribution in [0.3, 0.4) is 0 Å². The maximum Gasteiger partial charge on any atom is 0.253 e. The van der Waals surface area contributed by atoms with Crippen molar-refractivity contribution in [1.82, 2.24) is 5.32 Å². The number of hydrogen-bond donors (Lipinski definition) is 2. The molecule has 0 saturated carbocycles. The zero-order valence-corrected chi connectivity index (χ0v) is 26.1. The number of aliphatic hydroxyl groups excluding tert-OH is 1. The van der Waals surface area contributed by atoms with Crippen LogP contribution in [-0.2, 0) is 16.0 Å². The van der Waals surface area contributed by atoms with Gasteiger partial charge in [0.1, 0.15) is 5.75 Å². The maximum atomic E-state index is 15.1. The lowest BCUT2D eigenvalue weighted by Gasteiger charge is -2.33. The predicted octanol–water partition coefficient (Wildman–Crippen LogP) is 7.78. The Morgan fingerprint density at radius 3 is 2.15 bits per heavy atom. The number of nitrogens with one attached hydrogen (secondary N) is 1. The molecule has 9 heteroatoms. The van der Waals surface area contributed by atoms with Crippen molar-refractivity contribution in [2.45, 2.75) is 30.5 Å². The zero-order chi connectivity index (χ0) is 32.9. The van der Waals surface area contributed by atoms with Crippen LogP contribution in [0.5, 0.6) is 5.75 Å². The fourth-order valence-corrected chi connectivity index (χ4v) is 6.58. The highest BCUT2D eigenvalue weighted by atomic mass is 16.5. The second-order valence-electron chi connectivity index (χ2n) is 11.8. The van der Waals surface area contributed by atoms with Crippen LogP contribution in [-0.4, -0.2) is 35.7 Å². The van der Waals surface area contributed by atoms with Gasteiger partial charge in [0.25, 0.3) is 5.91 Å².